The van der Waals surface area contributed by atoms with Crippen LogP contribution in [0.4, 0.5) is 5.82 Å². The zero-order chi connectivity index (χ0) is 46.1. The highest BCUT2D eigenvalue weighted by Gasteiger charge is 2.57. The maximum Gasteiger partial charge on any atom is 0.303 e. The summed E-state index contributed by atoms with van der Waals surface area (Å²) in [4.78, 5) is 91.7. The average molecular weight is 878 g/mol. The largest absolute Gasteiger partial charge is 0.463 e. The molecule has 0 amide bonds. The number of fused-ring (bicyclic) bond motifs is 1. The van der Waals surface area contributed by atoms with Crippen molar-refractivity contribution in [2.75, 3.05) is 18.9 Å². The molecular formula is C43H47N3O17. The molecule has 336 valence electrons. The Kier molecular flexibility index (Phi) is 15.7. The Labute approximate surface area is 361 Å². The summed E-state index contributed by atoms with van der Waals surface area (Å²) >= 11 is 0. The second-order valence-electron chi connectivity index (χ2n) is 14.6. The molecule has 3 heterocycles. The third-order valence-corrected chi connectivity index (χ3v) is 9.71. The van der Waals surface area contributed by atoms with Crippen LogP contribution in [0.3, 0.4) is 0 Å². The topological polar surface area (TPSA) is 274 Å². The Morgan fingerprint density at radius 1 is 0.603 bits per heavy atom. The summed E-state index contributed by atoms with van der Waals surface area (Å²) in [6.07, 6.45) is -15.8. The van der Waals surface area contributed by atoms with Gasteiger partial charge in [-0.2, -0.15) is 5.26 Å². The summed E-state index contributed by atoms with van der Waals surface area (Å²) in [5.41, 5.74) is 7.79. The minimum absolute atomic E-state index is 0.0962. The number of nitrogen functional groups attached to an aromatic ring is 1. The number of hydrogen-bond donors (Lipinski definition) is 1. The van der Waals surface area contributed by atoms with Gasteiger partial charge in [-0.15, -0.1) is 0 Å². The van der Waals surface area contributed by atoms with E-state index in [0.717, 1.165) is 59.2 Å². The standard InChI is InChI=1S/C43H47N3O17/c1-20(47)54-18-34-38(63-43-41(60-26(7)53)40(59-25(6)52)37(57-23(4)50)35(62-43)19-55-21(2)48)39(58-24(5)51)36(56-22(3)49)33(61-34)16-30-15-31(32(17-44)42(45)46-30)29-13-12-27-10-8-9-11-28(27)14-29/h8-15,33-41,43H,16,18-19H2,1-7H3,(H2,45,46)/t33-,34+,35+,36-,37+,38+,39+,40-,41+,43-/m0/s1. The molecule has 1 aromatic heterocycles. The van der Waals surface area contributed by atoms with Gasteiger partial charge in [0.2, 0.25) is 0 Å². The fraction of sp³-hybridized carbons (Fsp3) is 0.465. The maximum atomic E-state index is 12.9. The molecule has 3 aromatic rings. The van der Waals surface area contributed by atoms with Crippen LogP contribution in [-0.4, -0.2) is 121 Å². The van der Waals surface area contributed by atoms with Crippen molar-refractivity contribution in [1.29, 1.82) is 5.26 Å². The van der Waals surface area contributed by atoms with Crippen LogP contribution in [0.2, 0.25) is 0 Å². The van der Waals surface area contributed by atoms with Gasteiger partial charge in [0.05, 0.1) is 0 Å². The Balaban J connectivity index is 1.61. The van der Waals surface area contributed by atoms with Gasteiger partial charge in [0, 0.05) is 66.1 Å². The molecule has 2 aromatic carbocycles. The second-order valence-corrected chi connectivity index (χ2v) is 14.6. The van der Waals surface area contributed by atoms with Gasteiger partial charge < -0.3 is 53.1 Å². The molecule has 2 aliphatic heterocycles. The molecule has 0 unspecified atom stereocenters. The zero-order valence-electron chi connectivity index (χ0n) is 35.4. The third-order valence-electron chi connectivity index (χ3n) is 9.71. The van der Waals surface area contributed by atoms with Gasteiger partial charge in [0.25, 0.3) is 0 Å². The van der Waals surface area contributed by atoms with E-state index < -0.39 is 116 Å². The Hall–Kier alpha value is -6.69. The van der Waals surface area contributed by atoms with Crippen LogP contribution in [0, 0.1) is 11.3 Å². The van der Waals surface area contributed by atoms with Gasteiger partial charge in [0.1, 0.15) is 55.1 Å². The summed E-state index contributed by atoms with van der Waals surface area (Å²) in [6.45, 7) is 6.34. The molecule has 20 nitrogen and oxygen atoms in total. The Morgan fingerprint density at radius 3 is 1.63 bits per heavy atom. The number of benzene rings is 2. The van der Waals surface area contributed by atoms with Crippen molar-refractivity contribution in [3.8, 4) is 17.2 Å². The van der Waals surface area contributed by atoms with Crippen LogP contribution in [0.25, 0.3) is 21.9 Å². The summed E-state index contributed by atoms with van der Waals surface area (Å²) in [7, 11) is 0. The van der Waals surface area contributed by atoms with E-state index in [0.29, 0.717) is 11.1 Å². The Morgan fingerprint density at radius 2 is 1.10 bits per heavy atom. The number of carbonyl (C=O) groups excluding carboxylic acids is 7. The fourth-order valence-electron chi connectivity index (χ4n) is 7.40. The van der Waals surface area contributed by atoms with E-state index in [1.54, 1.807) is 6.07 Å². The molecule has 10 atom stereocenters. The predicted molar refractivity (Wildman–Crippen MR) is 213 cm³/mol. The normalized spacial score (nSPS) is 25.4. The molecule has 0 spiro atoms. The average Bonchev–Trinajstić information content (AvgIpc) is 3.19. The van der Waals surface area contributed by atoms with E-state index >= 15 is 0 Å². The number of anilines is 1. The SMILES string of the molecule is CC(=O)OC[C@H]1O[C@@H](Cc2cc(-c3ccc4ccccc4c3)c(C#N)c(N)n2)[C@H](OC(C)=O)[C@@H](OC(C)=O)[C@@H]1O[C@@H]1O[C@H](COC(C)=O)[C@@H](OC(C)=O)[C@H](OC(C)=O)[C@H]1OC(C)=O. The highest BCUT2D eigenvalue weighted by molar-refractivity contribution is 5.89. The highest BCUT2D eigenvalue weighted by Crippen LogP contribution is 2.37. The quantitative estimate of drug-likeness (QED) is 0.180. The van der Waals surface area contributed by atoms with Crippen LogP contribution in [0.1, 0.15) is 59.7 Å². The number of aromatic nitrogens is 1. The van der Waals surface area contributed by atoms with Gasteiger partial charge in [-0.1, -0.05) is 36.4 Å². The first-order chi connectivity index (χ1) is 29.8. The lowest BCUT2D eigenvalue weighted by atomic mass is 9.90. The number of carbonyl (C=O) groups is 7. The van der Waals surface area contributed by atoms with Crippen molar-refractivity contribution in [3.05, 3.63) is 59.8 Å². The monoisotopic (exact) mass is 877 g/mol. The van der Waals surface area contributed by atoms with Gasteiger partial charge in [-0.25, -0.2) is 4.98 Å². The van der Waals surface area contributed by atoms with Crippen LogP contribution in [-0.2, 0) is 87.4 Å². The molecule has 2 N–H and O–H groups in total. The molecular weight excluding hydrogens is 830 g/mol. The number of rotatable bonds is 14. The first kappa shape index (κ1) is 47.4. The molecule has 0 radical (unpaired) electrons. The van der Waals surface area contributed by atoms with Gasteiger partial charge in [0.15, 0.2) is 36.8 Å². The maximum absolute atomic E-state index is 12.9. The van der Waals surface area contributed by atoms with Gasteiger partial charge in [-0.05, 0) is 28.5 Å². The van der Waals surface area contributed by atoms with Crippen LogP contribution < -0.4 is 5.73 Å². The van der Waals surface area contributed by atoms with Crippen LogP contribution in [0.5, 0.6) is 0 Å². The number of pyridine rings is 1. The molecule has 2 saturated heterocycles. The first-order valence-corrected chi connectivity index (χ1v) is 19.6. The van der Waals surface area contributed by atoms with E-state index in [9.17, 15) is 38.8 Å². The molecule has 20 heteroatoms. The molecule has 5 rings (SSSR count). The smallest absolute Gasteiger partial charge is 0.303 e. The molecule has 0 bridgehead atoms. The summed E-state index contributed by atoms with van der Waals surface area (Å²) in [6, 6.07) is 16.9. The molecule has 0 aliphatic carbocycles. The third kappa shape index (κ3) is 12.2. The molecule has 2 fully saturated rings. The first-order valence-electron chi connectivity index (χ1n) is 19.6. The molecule has 2 aliphatic rings. The van der Waals surface area contributed by atoms with Crippen molar-refractivity contribution in [3.63, 3.8) is 0 Å². The van der Waals surface area contributed by atoms with Crippen molar-refractivity contribution >= 4 is 58.4 Å². The lowest BCUT2D eigenvalue weighted by molar-refractivity contribution is -0.345. The second kappa shape index (κ2) is 20.9. The highest BCUT2D eigenvalue weighted by atomic mass is 16.8. The predicted octanol–water partition coefficient (Wildman–Crippen LogP) is 2.56. The number of nitriles is 1. The molecule has 63 heavy (non-hydrogen) atoms. The van der Waals surface area contributed by atoms with E-state index in [4.69, 9.17) is 53.1 Å². The van der Waals surface area contributed by atoms with E-state index in [1.807, 2.05) is 42.5 Å². The van der Waals surface area contributed by atoms with Gasteiger partial charge >= 0.3 is 41.8 Å². The number of nitrogens with zero attached hydrogens (tertiary/aromatic N) is 2. The lowest BCUT2D eigenvalue weighted by Gasteiger charge is -2.49. The zero-order valence-corrected chi connectivity index (χ0v) is 35.4. The Bertz CT molecular complexity index is 2280. The van der Waals surface area contributed by atoms with Crippen LogP contribution >= 0.6 is 0 Å². The molecule has 0 saturated carbocycles. The summed E-state index contributed by atoms with van der Waals surface area (Å²) < 4.78 is 57.8. The number of nitrogens with two attached hydrogens (primary N) is 1. The number of ether oxygens (including phenoxy) is 10. The van der Waals surface area contributed by atoms with Crippen molar-refractivity contribution in [2.24, 2.45) is 0 Å². The number of esters is 7. The summed E-state index contributed by atoms with van der Waals surface area (Å²) in [5.74, 6) is -6.09. The van der Waals surface area contributed by atoms with E-state index in [-0.39, 0.29) is 23.5 Å². The fourth-order valence-corrected chi connectivity index (χ4v) is 7.40. The summed E-state index contributed by atoms with van der Waals surface area (Å²) in [5, 5.41) is 12.0. The lowest BCUT2D eigenvalue weighted by Crippen LogP contribution is -2.67. The van der Waals surface area contributed by atoms with Gasteiger partial charge in [-0.3, -0.25) is 33.6 Å². The van der Waals surface area contributed by atoms with Crippen LogP contribution in [0.15, 0.2) is 48.5 Å². The van der Waals surface area contributed by atoms with E-state index in [1.165, 1.54) is 0 Å². The van der Waals surface area contributed by atoms with Crippen molar-refractivity contribution < 1.29 is 80.9 Å². The van der Waals surface area contributed by atoms with Crippen molar-refractivity contribution in [2.45, 2.75) is 116 Å². The van der Waals surface area contributed by atoms with E-state index in [2.05, 4.69) is 11.1 Å². The minimum atomic E-state index is -1.84. The minimum Gasteiger partial charge on any atom is -0.463 e. The van der Waals surface area contributed by atoms with Crippen molar-refractivity contribution in [1.82, 2.24) is 4.98 Å². The number of hydrogen-bond acceptors (Lipinski definition) is 20.